The lowest BCUT2D eigenvalue weighted by atomic mass is 10.2. The van der Waals surface area contributed by atoms with E-state index in [4.69, 9.17) is 12.2 Å². The summed E-state index contributed by atoms with van der Waals surface area (Å²) in [4.78, 5) is 36.4. The highest BCUT2D eigenvalue weighted by Crippen LogP contribution is 2.33. The van der Waals surface area contributed by atoms with Crippen LogP contribution in [0.2, 0.25) is 0 Å². The van der Waals surface area contributed by atoms with Crippen LogP contribution in [-0.4, -0.2) is 32.5 Å². The van der Waals surface area contributed by atoms with Crippen LogP contribution >= 0.6 is 24.0 Å². The Bertz CT molecular complexity index is 1020. The Morgan fingerprint density at radius 2 is 1.93 bits per heavy atom. The Balaban J connectivity index is 1.59. The van der Waals surface area contributed by atoms with Gasteiger partial charge in [0.1, 0.15) is 10.1 Å². The number of thiocarbonyl (C=S) groups is 1. The van der Waals surface area contributed by atoms with Crippen LogP contribution in [0, 0.1) is 15.9 Å². The smallest absolute Gasteiger partial charge is 0.269 e. The van der Waals surface area contributed by atoms with Crippen molar-refractivity contribution in [3.8, 4) is 0 Å². The molecule has 0 spiro atoms. The van der Waals surface area contributed by atoms with Crippen LogP contribution in [0.4, 0.5) is 15.8 Å². The van der Waals surface area contributed by atoms with E-state index in [1.807, 2.05) is 0 Å². The second kappa shape index (κ2) is 8.93. The third-order valence-electron chi connectivity index (χ3n) is 3.99. The molecule has 0 aliphatic carbocycles. The van der Waals surface area contributed by atoms with Gasteiger partial charge in [-0.1, -0.05) is 42.2 Å². The van der Waals surface area contributed by atoms with Crippen molar-refractivity contribution < 1.29 is 18.9 Å². The van der Waals surface area contributed by atoms with Gasteiger partial charge in [-0.3, -0.25) is 24.6 Å². The van der Waals surface area contributed by atoms with Gasteiger partial charge in [0.05, 0.1) is 9.83 Å². The van der Waals surface area contributed by atoms with Gasteiger partial charge in [0, 0.05) is 36.3 Å². The van der Waals surface area contributed by atoms with Crippen LogP contribution in [0.25, 0.3) is 6.08 Å². The first-order chi connectivity index (χ1) is 13.8. The average Bonchev–Trinajstić information content (AvgIpc) is 2.95. The van der Waals surface area contributed by atoms with E-state index in [-0.39, 0.29) is 40.9 Å². The van der Waals surface area contributed by atoms with Crippen LogP contribution in [0.1, 0.15) is 12.0 Å². The van der Waals surface area contributed by atoms with Crippen LogP contribution in [0.3, 0.4) is 0 Å². The summed E-state index contributed by atoms with van der Waals surface area (Å²) in [6.07, 6.45) is 1.42. The zero-order valence-corrected chi connectivity index (χ0v) is 16.5. The van der Waals surface area contributed by atoms with Crippen molar-refractivity contribution in [2.24, 2.45) is 0 Å². The van der Waals surface area contributed by atoms with Crippen molar-refractivity contribution in [3.63, 3.8) is 0 Å². The van der Waals surface area contributed by atoms with Crippen molar-refractivity contribution in [2.45, 2.75) is 6.42 Å². The maximum absolute atomic E-state index is 13.8. The highest BCUT2D eigenvalue weighted by molar-refractivity contribution is 8.26. The van der Waals surface area contributed by atoms with Gasteiger partial charge < -0.3 is 5.32 Å². The molecule has 2 amide bonds. The van der Waals surface area contributed by atoms with Gasteiger partial charge in [-0.2, -0.15) is 0 Å². The molecule has 0 aromatic heterocycles. The number of nitro groups is 1. The van der Waals surface area contributed by atoms with Gasteiger partial charge in [0.15, 0.2) is 0 Å². The quantitative estimate of drug-likeness (QED) is 0.322. The number of thioether (sulfide) groups is 1. The van der Waals surface area contributed by atoms with E-state index in [1.165, 1.54) is 41.3 Å². The monoisotopic (exact) mass is 431 g/mol. The largest absolute Gasteiger partial charge is 0.326 e. The van der Waals surface area contributed by atoms with Crippen LogP contribution in [0.5, 0.6) is 0 Å². The van der Waals surface area contributed by atoms with Crippen molar-refractivity contribution in [2.75, 3.05) is 11.9 Å². The Kier molecular flexibility index (Phi) is 6.35. The van der Waals surface area contributed by atoms with Crippen LogP contribution < -0.4 is 5.32 Å². The molecule has 1 aliphatic heterocycles. The fourth-order valence-electron chi connectivity index (χ4n) is 2.53. The van der Waals surface area contributed by atoms with Gasteiger partial charge in [-0.15, -0.1) is 0 Å². The number of hydrogen-bond donors (Lipinski definition) is 1. The van der Waals surface area contributed by atoms with Crippen molar-refractivity contribution in [1.29, 1.82) is 0 Å². The van der Waals surface area contributed by atoms with E-state index in [9.17, 15) is 24.1 Å². The average molecular weight is 431 g/mol. The van der Waals surface area contributed by atoms with E-state index in [0.717, 1.165) is 11.8 Å². The van der Waals surface area contributed by atoms with Gasteiger partial charge in [0.2, 0.25) is 5.91 Å². The molecule has 2 aromatic rings. The summed E-state index contributed by atoms with van der Waals surface area (Å²) in [6.45, 7) is 0.0676. The lowest BCUT2D eigenvalue weighted by molar-refractivity contribution is -0.384. The molecule has 7 nitrogen and oxygen atoms in total. The Morgan fingerprint density at radius 1 is 1.24 bits per heavy atom. The number of nitrogens with one attached hydrogen (secondary N) is 1. The Labute approximate surface area is 174 Å². The number of benzene rings is 2. The Morgan fingerprint density at radius 3 is 2.59 bits per heavy atom. The lowest BCUT2D eigenvalue weighted by Crippen LogP contribution is -2.31. The van der Waals surface area contributed by atoms with Crippen molar-refractivity contribution in [3.05, 3.63) is 74.9 Å². The minimum atomic E-state index is -0.532. The normalized spacial score (nSPS) is 15.1. The highest BCUT2D eigenvalue weighted by atomic mass is 32.2. The molecule has 1 saturated heterocycles. The molecule has 1 aliphatic rings. The van der Waals surface area contributed by atoms with Gasteiger partial charge in [-0.05, 0) is 24.3 Å². The number of hydrogen-bond acceptors (Lipinski definition) is 6. The minimum Gasteiger partial charge on any atom is -0.326 e. The number of nitro benzene ring substituents is 1. The highest BCUT2D eigenvalue weighted by Gasteiger charge is 2.32. The molecule has 0 unspecified atom stereocenters. The molecule has 0 radical (unpaired) electrons. The molecule has 2 aromatic carbocycles. The predicted molar refractivity (Wildman–Crippen MR) is 113 cm³/mol. The van der Waals surface area contributed by atoms with E-state index >= 15 is 0 Å². The fourth-order valence-corrected chi connectivity index (χ4v) is 3.83. The molecule has 1 fully saturated rings. The molecule has 1 N–H and O–H groups in total. The second-order valence-corrected chi connectivity index (χ2v) is 7.63. The molecule has 3 rings (SSSR count). The summed E-state index contributed by atoms with van der Waals surface area (Å²) in [5.41, 5.74) is 0.608. The molecular formula is C19H14FN3O4S2. The van der Waals surface area contributed by atoms with E-state index < -0.39 is 10.7 Å². The molecule has 29 heavy (non-hydrogen) atoms. The zero-order chi connectivity index (χ0) is 21.0. The van der Waals surface area contributed by atoms with E-state index in [0.29, 0.717) is 10.0 Å². The molecule has 0 saturated carbocycles. The number of halogens is 1. The molecular weight excluding hydrogens is 417 g/mol. The zero-order valence-electron chi connectivity index (χ0n) is 14.8. The van der Waals surface area contributed by atoms with Crippen molar-refractivity contribution >= 4 is 57.6 Å². The van der Waals surface area contributed by atoms with Gasteiger partial charge in [-0.25, -0.2) is 4.39 Å². The third-order valence-corrected chi connectivity index (χ3v) is 5.37. The summed E-state index contributed by atoms with van der Waals surface area (Å²) >= 11 is 6.25. The first kappa shape index (κ1) is 20.6. The molecule has 0 bridgehead atoms. The summed E-state index contributed by atoms with van der Waals surface area (Å²) in [5.74, 6) is -1.20. The minimum absolute atomic E-state index is 0.0175. The number of non-ortho nitro benzene ring substituents is 1. The maximum atomic E-state index is 13.8. The number of rotatable bonds is 6. The van der Waals surface area contributed by atoms with Gasteiger partial charge >= 0.3 is 0 Å². The summed E-state index contributed by atoms with van der Waals surface area (Å²) < 4.78 is 14.1. The summed E-state index contributed by atoms with van der Waals surface area (Å²) in [6, 6.07) is 11.5. The van der Waals surface area contributed by atoms with Crippen LogP contribution in [0.15, 0.2) is 53.4 Å². The topological polar surface area (TPSA) is 92.6 Å². The first-order valence-electron chi connectivity index (χ1n) is 8.39. The molecule has 0 atom stereocenters. The number of amides is 2. The SMILES string of the molecule is O=C(CCN1C(=O)C(=Cc2ccccc2F)SC1=S)Nc1ccc([N+](=O)[O-])cc1. The van der Waals surface area contributed by atoms with E-state index in [2.05, 4.69) is 5.32 Å². The summed E-state index contributed by atoms with van der Waals surface area (Å²) in [7, 11) is 0. The predicted octanol–water partition coefficient (Wildman–Crippen LogP) is 3.96. The number of anilines is 1. The second-order valence-electron chi connectivity index (χ2n) is 5.96. The molecule has 1 heterocycles. The van der Waals surface area contributed by atoms with Crippen LogP contribution in [-0.2, 0) is 9.59 Å². The molecule has 10 heteroatoms. The van der Waals surface area contributed by atoms with Gasteiger partial charge in [0.25, 0.3) is 11.6 Å². The summed E-state index contributed by atoms with van der Waals surface area (Å²) in [5, 5.41) is 13.3. The number of nitrogens with zero attached hydrogens (tertiary/aromatic N) is 2. The number of carbonyl (C=O) groups excluding carboxylic acids is 2. The van der Waals surface area contributed by atoms with E-state index in [1.54, 1.807) is 18.2 Å². The number of carbonyl (C=O) groups is 2. The maximum Gasteiger partial charge on any atom is 0.269 e. The first-order valence-corrected chi connectivity index (χ1v) is 9.62. The standard InChI is InChI=1S/C19H14FN3O4S2/c20-15-4-2-1-3-12(15)11-16-18(25)22(19(28)29-16)10-9-17(24)21-13-5-7-14(8-6-13)23(26)27/h1-8,11H,9-10H2,(H,21,24). The lowest BCUT2D eigenvalue weighted by Gasteiger charge is -2.14. The molecule has 148 valence electrons. The van der Waals surface area contributed by atoms with Crippen molar-refractivity contribution in [1.82, 2.24) is 4.90 Å². The third kappa shape index (κ3) is 5.04. The fraction of sp³-hybridized carbons (Fsp3) is 0.105. The Hall–Kier alpha value is -3.11.